The van der Waals surface area contributed by atoms with E-state index in [1.54, 1.807) is 14.2 Å². The maximum Gasteiger partial charge on any atom is 0.122 e. The highest BCUT2D eigenvalue weighted by Crippen LogP contribution is 2.39. The Morgan fingerprint density at radius 3 is 2.33 bits per heavy atom. The van der Waals surface area contributed by atoms with Gasteiger partial charge in [-0.15, -0.1) is 0 Å². The van der Waals surface area contributed by atoms with Crippen molar-refractivity contribution >= 4 is 0 Å². The van der Waals surface area contributed by atoms with E-state index in [4.69, 9.17) is 9.47 Å². The molecule has 1 atom stereocenters. The molecule has 1 rings (SSSR count). The second-order valence-corrected chi connectivity index (χ2v) is 5.17. The summed E-state index contributed by atoms with van der Waals surface area (Å²) in [5.41, 5.74) is 1.20. The van der Waals surface area contributed by atoms with Crippen LogP contribution >= 0.6 is 0 Å². The number of hydrogen-bond donors (Lipinski definition) is 1. The number of nitrogens with one attached hydrogen (secondary N) is 1. The zero-order valence-corrected chi connectivity index (χ0v) is 12.3. The number of rotatable bonds is 6. The second-order valence-electron chi connectivity index (χ2n) is 5.17. The predicted octanol–water partition coefficient (Wildman–Crippen LogP) is 2.84. The first-order chi connectivity index (χ1) is 8.49. The van der Waals surface area contributed by atoms with Crippen LogP contribution in [-0.2, 0) is 5.41 Å². The lowest BCUT2D eigenvalue weighted by molar-refractivity contribution is 0.307. The topological polar surface area (TPSA) is 30.5 Å². The Balaban J connectivity index is 3.33. The van der Waals surface area contributed by atoms with Crippen LogP contribution in [0.3, 0.4) is 0 Å². The zero-order valence-electron chi connectivity index (χ0n) is 12.3. The average molecular weight is 251 g/mol. The van der Waals surface area contributed by atoms with Gasteiger partial charge in [0.1, 0.15) is 11.5 Å². The van der Waals surface area contributed by atoms with Crippen molar-refractivity contribution in [3.8, 4) is 11.5 Å². The minimum Gasteiger partial charge on any atom is -0.497 e. The first-order valence-corrected chi connectivity index (χ1v) is 6.36. The number of benzene rings is 1. The van der Waals surface area contributed by atoms with Crippen LogP contribution in [0.25, 0.3) is 0 Å². The van der Waals surface area contributed by atoms with Crippen molar-refractivity contribution in [2.45, 2.75) is 26.2 Å². The smallest absolute Gasteiger partial charge is 0.122 e. The van der Waals surface area contributed by atoms with Crippen molar-refractivity contribution in [1.29, 1.82) is 0 Å². The van der Waals surface area contributed by atoms with E-state index in [0.29, 0.717) is 5.92 Å². The molecule has 0 saturated heterocycles. The summed E-state index contributed by atoms with van der Waals surface area (Å²) in [4.78, 5) is 0. The number of methoxy groups -OCH3 is 2. The van der Waals surface area contributed by atoms with Crippen molar-refractivity contribution in [3.63, 3.8) is 0 Å². The summed E-state index contributed by atoms with van der Waals surface area (Å²) in [7, 11) is 5.38. The van der Waals surface area contributed by atoms with Crippen molar-refractivity contribution < 1.29 is 9.47 Å². The zero-order chi connectivity index (χ0) is 13.8. The maximum absolute atomic E-state index is 5.50. The molecule has 0 aliphatic carbocycles. The molecule has 0 bridgehead atoms. The SMILES string of the molecule is CNCC(C)(c1cc(OC)ccc1OC)C(C)C. The number of hydrogen-bond acceptors (Lipinski definition) is 3. The molecule has 1 N–H and O–H groups in total. The van der Waals surface area contributed by atoms with Gasteiger partial charge in [-0.05, 0) is 31.2 Å². The fourth-order valence-electron chi connectivity index (χ4n) is 2.24. The van der Waals surface area contributed by atoms with E-state index in [-0.39, 0.29) is 5.41 Å². The molecule has 3 nitrogen and oxygen atoms in total. The lowest BCUT2D eigenvalue weighted by Gasteiger charge is -2.35. The average Bonchev–Trinajstić information content (AvgIpc) is 2.37. The summed E-state index contributed by atoms with van der Waals surface area (Å²) in [6.07, 6.45) is 0. The molecule has 0 aliphatic rings. The lowest BCUT2D eigenvalue weighted by atomic mass is 9.73. The Hall–Kier alpha value is -1.22. The second kappa shape index (κ2) is 6.10. The van der Waals surface area contributed by atoms with Crippen LogP contribution in [0.1, 0.15) is 26.3 Å². The van der Waals surface area contributed by atoms with Gasteiger partial charge in [0.05, 0.1) is 14.2 Å². The Morgan fingerprint density at radius 2 is 1.89 bits per heavy atom. The van der Waals surface area contributed by atoms with Crippen LogP contribution in [0.15, 0.2) is 18.2 Å². The van der Waals surface area contributed by atoms with Gasteiger partial charge < -0.3 is 14.8 Å². The van der Waals surface area contributed by atoms with Crippen LogP contribution in [-0.4, -0.2) is 27.8 Å². The van der Waals surface area contributed by atoms with Crippen LogP contribution < -0.4 is 14.8 Å². The molecule has 1 unspecified atom stereocenters. The Morgan fingerprint density at radius 1 is 1.22 bits per heavy atom. The van der Waals surface area contributed by atoms with Gasteiger partial charge in [0.2, 0.25) is 0 Å². The summed E-state index contributed by atoms with van der Waals surface area (Å²) < 4.78 is 10.8. The Labute approximate surface area is 110 Å². The summed E-state index contributed by atoms with van der Waals surface area (Å²) >= 11 is 0. The Bertz CT molecular complexity index is 390. The molecule has 1 aromatic carbocycles. The maximum atomic E-state index is 5.50. The quantitative estimate of drug-likeness (QED) is 0.843. The molecular weight excluding hydrogens is 226 g/mol. The molecule has 0 heterocycles. The molecule has 18 heavy (non-hydrogen) atoms. The van der Waals surface area contributed by atoms with E-state index in [9.17, 15) is 0 Å². The highest BCUT2D eigenvalue weighted by atomic mass is 16.5. The third kappa shape index (κ3) is 2.78. The number of ether oxygens (including phenoxy) is 2. The minimum absolute atomic E-state index is 0.00856. The van der Waals surface area contributed by atoms with Crippen LogP contribution in [0, 0.1) is 5.92 Å². The summed E-state index contributed by atoms with van der Waals surface area (Å²) in [6, 6.07) is 5.99. The monoisotopic (exact) mass is 251 g/mol. The van der Waals surface area contributed by atoms with Gasteiger partial charge in [-0.1, -0.05) is 20.8 Å². The summed E-state index contributed by atoms with van der Waals surface area (Å²) in [5.74, 6) is 2.28. The van der Waals surface area contributed by atoms with E-state index >= 15 is 0 Å². The van der Waals surface area contributed by atoms with Crippen molar-refractivity contribution in [2.24, 2.45) is 5.92 Å². The van der Waals surface area contributed by atoms with Crippen molar-refractivity contribution in [2.75, 3.05) is 27.8 Å². The fourth-order valence-corrected chi connectivity index (χ4v) is 2.24. The largest absolute Gasteiger partial charge is 0.497 e. The standard InChI is InChI=1S/C15H25NO2/c1-11(2)15(3,10-16-4)13-9-12(17-5)7-8-14(13)18-6/h7-9,11,16H,10H2,1-6H3. The van der Waals surface area contributed by atoms with Crippen molar-refractivity contribution in [3.05, 3.63) is 23.8 Å². The third-order valence-corrected chi connectivity index (χ3v) is 3.84. The van der Waals surface area contributed by atoms with E-state index in [2.05, 4.69) is 32.2 Å². The van der Waals surface area contributed by atoms with Gasteiger partial charge in [-0.3, -0.25) is 0 Å². The highest BCUT2D eigenvalue weighted by Gasteiger charge is 2.33. The molecule has 0 saturated carbocycles. The summed E-state index contributed by atoms with van der Waals surface area (Å²) in [5, 5.41) is 3.28. The molecule has 0 aliphatic heterocycles. The molecule has 0 amide bonds. The van der Waals surface area contributed by atoms with Crippen LogP contribution in [0.4, 0.5) is 0 Å². The Kier molecular flexibility index (Phi) is 5.03. The molecule has 0 radical (unpaired) electrons. The molecular formula is C15H25NO2. The molecule has 3 heteroatoms. The molecule has 1 aromatic rings. The first-order valence-electron chi connectivity index (χ1n) is 6.36. The van der Waals surface area contributed by atoms with Gasteiger partial charge in [0, 0.05) is 17.5 Å². The van der Waals surface area contributed by atoms with Gasteiger partial charge in [-0.2, -0.15) is 0 Å². The van der Waals surface area contributed by atoms with Gasteiger partial charge in [-0.25, -0.2) is 0 Å². The molecule has 0 fully saturated rings. The van der Waals surface area contributed by atoms with E-state index in [1.165, 1.54) is 5.56 Å². The summed E-state index contributed by atoms with van der Waals surface area (Å²) in [6.45, 7) is 7.62. The van der Waals surface area contributed by atoms with E-state index < -0.39 is 0 Å². The van der Waals surface area contributed by atoms with Gasteiger partial charge >= 0.3 is 0 Å². The highest BCUT2D eigenvalue weighted by molar-refractivity contribution is 5.45. The van der Waals surface area contributed by atoms with E-state index in [1.807, 2.05) is 19.2 Å². The normalized spacial score (nSPS) is 14.4. The van der Waals surface area contributed by atoms with E-state index in [0.717, 1.165) is 18.0 Å². The minimum atomic E-state index is 0.00856. The number of likely N-dealkylation sites (N-methyl/N-ethyl adjacent to an activating group) is 1. The molecule has 0 aromatic heterocycles. The molecule has 0 spiro atoms. The van der Waals surface area contributed by atoms with Crippen molar-refractivity contribution in [1.82, 2.24) is 5.32 Å². The first kappa shape index (κ1) is 14.8. The lowest BCUT2D eigenvalue weighted by Crippen LogP contribution is -2.39. The predicted molar refractivity (Wildman–Crippen MR) is 75.7 cm³/mol. The van der Waals surface area contributed by atoms with Gasteiger partial charge in [0.25, 0.3) is 0 Å². The fraction of sp³-hybridized carbons (Fsp3) is 0.600. The van der Waals surface area contributed by atoms with Crippen LogP contribution in [0.2, 0.25) is 0 Å². The van der Waals surface area contributed by atoms with Gasteiger partial charge in [0.15, 0.2) is 0 Å². The third-order valence-electron chi connectivity index (χ3n) is 3.84. The van der Waals surface area contributed by atoms with Crippen LogP contribution in [0.5, 0.6) is 11.5 Å². The molecule has 102 valence electrons.